The topological polar surface area (TPSA) is 42.0 Å². The van der Waals surface area contributed by atoms with E-state index in [9.17, 15) is 4.79 Å². The molecule has 0 unspecified atom stereocenters. The Labute approximate surface area is 193 Å². The van der Waals surface area contributed by atoms with Crippen LogP contribution in [0.3, 0.4) is 0 Å². The number of methoxy groups -OCH3 is 1. The summed E-state index contributed by atoms with van der Waals surface area (Å²) in [6.07, 6.45) is 5.27. The number of hydrogen-bond donors (Lipinski definition) is 0. The molecule has 1 amide bonds. The van der Waals surface area contributed by atoms with Crippen molar-refractivity contribution in [1.29, 1.82) is 0 Å². The number of anilines is 1. The quantitative estimate of drug-likeness (QED) is 0.424. The van der Waals surface area contributed by atoms with E-state index < -0.39 is 8.32 Å². The summed E-state index contributed by atoms with van der Waals surface area (Å²) in [5.41, 5.74) is 3.26. The van der Waals surface area contributed by atoms with Crippen LogP contribution < -0.4 is 4.90 Å². The number of rotatable bonds is 5. The van der Waals surface area contributed by atoms with E-state index in [0.717, 1.165) is 56.2 Å². The maximum Gasteiger partial charge on any atom is 0.415 e. The molecule has 0 N–H and O–H groups in total. The Balaban J connectivity index is 1.75. The Morgan fingerprint density at radius 1 is 1.22 bits per heavy atom. The number of para-hydroxylation sites is 1. The van der Waals surface area contributed by atoms with Crippen molar-refractivity contribution in [2.75, 3.05) is 25.1 Å². The minimum atomic E-state index is -1.84. The van der Waals surface area contributed by atoms with Crippen molar-refractivity contribution < 1.29 is 14.0 Å². The molecule has 1 aliphatic carbocycles. The molecule has 4 aliphatic rings. The summed E-state index contributed by atoms with van der Waals surface area (Å²) in [5.74, 6) is 0.450. The van der Waals surface area contributed by atoms with Crippen LogP contribution in [0.4, 0.5) is 10.5 Å². The van der Waals surface area contributed by atoms with Crippen molar-refractivity contribution >= 4 is 20.1 Å². The van der Waals surface area contributed by atoms with Gasteiger partial charge in [0, 0.05) is 13.1 Å². The molecule has 32 heavy (non-hydrogen) atoms. The lowest BCUT2D eigenvalue weighted by molar-refractivity contribution is -0.0600. The average molecular weight is 455 g/mol. The molecule has 174 valence electrons. The Kier molecular flexibility index (Phi) is 5.34. The molecule has 6 heteroatoms. The lowest BCUT2D eigenvalue weighted by Gasteiger charge is -2.61. The molecule has 1 spiro atoms. The maximum absolute atomic E-state index is 13.4. The Bertz CT molecular complexity index is 936. The number of allylic oxidation sites excluding steroid dienone is 1. The van der Waals surface area contributed by atoms with Gasteiger partial charge >= 0.3 is 6.09 Å². The van der Waals surface area contributed by atoms with Gasteiger partial charge in [0.25, 0.3) is 0 Å². The predicted molar refractivity (Wildman–Crippen MR) is 130 cm³/mol. The minimum absolute atomic E-state index is 0.129. The molecule has 1 saturated carbocycles. The third-order valence-electron chi connectivity index (χ3n) is 9.54. The first-order valence-electron chi connectivity index (χ1n) is 12.5. The smallest absolute Gasteiger partial charge is 0.415 e. The first-order chi connectivity index (χ1) is 15.5. The molecular weight excluding hydrogens is 416 g/mol. The van der Waals surface area contributed by atoms with Crippen LogP contribution >= 0.6 is 0 Å². The van der Waals surface area contributed by atoms with Crippen LogP contribution in [-0.2, 0) is 14.6 Å². The van der Waals surface area contributed by atoms with Gasteiger partial charge in [-0.3, -0.25) is 9.80 Å². The summed E-state index contributed by atoms with van der Waals surface area (Å²) in [6.45, 7) is 11.1. The Hall–Kier alpha value is -1.63. The number of hydrogen-bond acceptors (Lipinski definition) is 4. The van der Waals surface area contributed by atoms with Gasteiger partial charge in [-0.25, -0.2) is 4.79 Å². The maximum atomic E-state index is 13.4. The fraction of sp³-hybridized carbons (Fsp3) is 0.654. The van der Waals surface area contributed by atoms with Gasteiger partial charge in [-0.1, -0.05) is 50.6 Å². The van der Waals surface area contributed by atoms with Crippen LogP contribution in [0.2, 0.25) is 18.1 Å². The first kappa shape index (κ1) is 22.2. The molecular formula is C26H38N2O3Si. The second kappa shape index (κ2) is 7.71. The largest absolute Gasteiger partial charge is 0.452 e. The molecule has 2 saturated heterocycles. The van der Waals surface area contributed by atoms with Gasteiger partial charge in [0.1, 0.15) is 5.66 Å². The highest BCUT2D eigenvalue weighted by molar-refractivity contribution is 6.73. The highest BCUT2D eigenvalue weighted by atomic mass is 28.4. The van der Waals surface area contributed by atoms with E-state index in [0.29, 0.717) is 5.92 Å². The van der Waals surface area contributed by atoms with Crippen molar-refractivity contribution in [3.8, 4) is 0 Å². The van der Waals surface area contributed by atoms with Crippen LogP contribution in [-0.4, -0.2) is 51.3 Å². The van der Waals surface area contributed by atoms with Crippen LogP contribution in [0.15, 0.2) is 35.9 Å². The average Bonchev–Trinajstić information content (AvgIpc) is 3.31. The molecule has 3 aliphatic heterocycles. The van der Waals surface area contributed by atoms with E-state index in [2.05, 4.69) is 62.9 Å². The van der Waals surface area contributed by atoms with E-state index in [1.165, 1.54) is 18.2 Å². The van der Waals surface area contributed by atoms with Crippen molar-refractivity contribution in [1.82, 2.24) is 4.90 Å². The van der Waals surface area contributed by atoms with Crippen molar-refractivity contribution in [2.45, 2.75) is 82.3 Å². The van der Waals surface area contributed by atoms with Crippen molar-refractivity contribution in [2.24, 2.45) is 5.92 Å². The molecule has 5 nitrogen and oxygen atoms in total. The van der Waals surface area contributed by atoms with Gasteiger partial charge in [0.2, 0.25) is 0 Å². The predicted octanol–water partition coefficient (Wildman–Crippen LogP) is 5.67. The SMILES string of the molecule is C/C=C1/CN2CC[C@@]34c5ccccc5N(C(=O)OC)[C@@]23C[C@@H]1C[C@H]4O[Si](CC)(CC)CC. The number of nitrogens with zero attached hydrogens (tertiary/aromatic N) is 2. The summed E-state index contributed by atoms with van der Waals surface area (Å²) < 4.78 is 12.8. The fourth-order valence-electron chi connectivity index (χ4n) is 7.76. The van der Waals surface area contributed by atoms with Crippen LogP contribution in [0, 0.1) is 5.92 Å². The zero-order chi connectivity index (χ0) is 22.7. The second-order valence-corrected chi connectivity index (χ2v) is 14.9. The number of carbonyl (C=O) groups is 1. The van der Waals surface area contributed by atoms with E-state index in [4.69, 9.17) is 9.16 Å². The van der Waals surface area contributed by atoms with E-state index in [1.807, 2.05) is 4.90 Å². The van der Waals surface area contributed by atoms with Gasteiger partial charge in [0.15, 0.2) is 8.32 Å². The molecule has 1 aromatic carbocycles. The van der Waals surface area contributed by atoms with Gasteiger partial charge in [-0.05, 0) is 61.9 Å². The number of ether oxygens (including phenoxy) is 1. The molecule has 3 heterocycles. The van der Waals surface area contributed by atoms with E-state index in [1.54, 1.807) is 0 Å². The van der Waals surface area contributed by atoms with Crippen LogP contribution in [0.1, 0.15) is 52.5 Å². The summed E-state index contributed by atoms with van der Waals surface area (Å²) in [7, 11) is -0.329. The van der Waals surface area contributed by atoms with Gasteiger partial charge in [-0.2, -0.15) is 0 Å². The first-order valence-corrected chi connectivity index (χ1v) is 15.1. The highest BCUT2D eigenvalue weighted by Crippen LogP contribution is 2.68. The summed E-state index contributed by atoms with van der Waals surface area (Å²) in [6, 6.07) is 12.0. The Morgan fingerprint density at radius 3 is 2.59 bits per heavy atom. The molecule has 0 radical (unpaired) electrons. The summed E-state index contributed by atoms with van der Waals surface area (Å²) in [4.78, 5) is 18.0. The van der Waals surface area contributed by atoms with Crippen LogP contribution in [0.25, 0.3) is 0 Å². The van der Waals surface area contributed by atoms with Crippen molar-refractivity contribution in [3.63, 3.8) is 0 Å². The van der Waals surface area contributed by atoms with E-state index >= 15 is 0 Å². The third-order valence-corrected chi connectivity index (χ3v) is 14.2. The number of fused-ring (bicyclic) bond motifs is 2. The van der Waals surface area contributed by atoms with Crippen LogP contribution in [0.5, 0.6) is 0 Å². The molecule has 2 bridgehead atoms. The normalized spacial score (nSPS) is 34.5. The molecule has 1 aromatic rings. The number of piperidine rings is 1. The number of benzene rings is 1. The van der Waals surface area contributed by atoms with Gasteiger partial charge < -0.3 is 9.16 Å². The van der Waals surface area contributed by atoms with Gasteiger partial charge in [0.05, 0.1) is 24.3 Å². The molecule has 3 fully saturated rings. The van der Waals surface area contributed by atoms with E-state index in [-0.39, 0.29) is 23.3 Å². The molecule has 4 atom stereocenters. The summed E-state index contributed by atoms with van der Waals surface area (Å²) in [5, 5.41) is 0. The lowest BCUT2D eigenvalue weighted by Crippen LogP contribution is -2.73. The number of amides is 1. The molecule has 5 rings (SSSR count). The minimum Gasteiger partial charge on any atom is -0.452 e. The number of carbonyl (C=O) groups excluding carboxylic acids is 1. The zero-order valence-corrected chi connectivity index (χ0v) is 21.3. The lowest BCUT2D eigenvalue weighted by atomic mass is 9.57. The third kappa shape index (κ3) is 2.54. The van der Waals surface area contributed by atoms with Crippen molar-refractivity contribution in [3.05, 3.63) is 41.5 Å². The van der Waals surface area contributed by atoms with Gasteiger partial charge in [-0.15, -0.1) is 0 Å². The molecule has 0 aromatic heterocycles. The standard InChI is InChI=1S/C26H38N2O3Si/c1-6-19-18-27-15-14-25-21-12-10-11-13-22(21)28(24(29)30-5)26(25,27)17-20(19)16-23(25)31-32(7-2,8-3)9-4/h6,10-13,20,23H,7-9,14-18H2,1-5H3/b19-6-/t20-,23+,25-,26+/m0/s1. The monoisotopic (exact) mass is 454 g/mol. The highest BCUT2D eigenvalue weighted by Gasteiger charge is 2.76. The fourth-order valence-corrected chi connectivity index (χ4v) is 10.7. The Morgan fingerprint density at radius 2 is 1.94 bits per heavy atom. The summed E-state index contributed by atoms with van der Waals surface area (Å²) >= 11 is 0. The second-order valence-electron chi connectivity index (χ2n) is 10.1. The zero-order valence-electron chi connectivity index (χ0n) is 20.3.